The summed E-state index contributed by atoms with van der Waals surface area (Å²) in [4.78, 5) is 2.59. The molecule has 2 fully saturated rings. The molecule has 2 unspecified atom stereocenters. The lowest BCUT2D eigenvalue weighted by atomic mass is 10.1. The van der Waals surface area contributed by atoms with Gasteiger partial charge in [-0.05, 0) is 30.5 Å². The molecule has 0 aliphatic carbocycles. The number of morpholine rings is 1. The van der Waals surface area contributed by atoms with Crippen LogP contribution in [0.25, 0.3) is 5.57 Å². The maximum atomic E-state index is 5.95. The number of hydrogen-bond acceptors (Lipinski definition) is 3. The molecule has 2 saturated heterocycles. The molecule has 0 spiro atoms. The summed E-state index contributed by atoms with van der Waals surface area (Å²) >= 11 is 0. The monoisotopic (exact) mass is 272 g/mol. The Kier molecular flexibility index (Phi) is 4.51. The van der Waals surface area contributed by atoms with E-state index >= 15 is 0 Å². The topological polar surface area (TPSA) is 24.5 Å². The molecule has 1 aromatic rings. The third-order valence-corrected chi connectivity index (χ3v) is 4.35. The second-order valence-corrected chi connectivity index (χ2v) is 5.85. The molecule has 0 bridgehead atoms. The minimum atomic E-state index is 0.327. The van der Waals surface area contributed by atoms with Crippen molar-refractivity contribution in [2.45, 2.75) is 25.0 Å². The number of nitrogens with one attached hydrogen (secondary N) is 1. The van der Waals surface area contributed by atoms with Gasteiger partial charge in [-0.2, -0.15) is 0 Å². The summed E-state index contributed by atoms with van der Waals surface area (Å²) in [5, 5.41) is 3.48. The number of fused-ring (bicyclic) bond motifs is 1. The number of ether oxygens (including phenoxy) is 1. The van der Waals surface area contributed by atoms with E-state index in [9.17, 15) is 0 Å². The smallest absolute Gasteiger partial charge is 0.0827 e. The van der Waals surface area contributed by atoms with Crippen LogP contribution in [-0.4, -0.2) is 49.8 Å². The summed E-state index contributed by atoms with van der Waals surface area (Å²) in [5.41, 5.74) is 2.35. The average molecular weight is 272 g/mol. The quantitative estimate of drug-likeness (QED) is 0.889. The van der Waals surface area contributed by atoms with Crippen molar-refractivity contribution in [2.24, 2.45) is 0 Å². The molecule has 2 aliphatic rings. The van der Waals surface area contributed by atoms with Crippen LogP contribution in [0.4, 0.5) is 0 Å². The first-order chi connectivity index (χ1) is 9.83. The third kappa shape index (κ3) is 3.29. The van der Waals surface area contributed by atoms with Crippen molar-refractivity contribution in [3.63, 3.8) is 0 Å². The molecule has 3 heteroatoms. The molecule has 20 heavy (non-hydrogen) atoms. The Morgan fingerprint density at radius 3 is 3.05 bits per heavy atom. The fraction of sp³-hybridized carbons (Fsp3) is 0.529. The molecule has 0 amide bonds. The standard InChI is InChI=1S/C17H24N2O/c1-14(15-6-3-2-4-7-15)10-18-11-17-12-19-9-5-8-16(19)13-20-17/h2-4,6-7,16-18H,1,5,8-13H2. The highest BCUT2D eigenvalue weighted by Gasteiger charge is 2.31. The molecule has 0 radical (unpaired) electrons. The molecule has 3 rings (SSSR count). The number of benzene rings is 1. The predicted octanol–water partition coefficient (Wildman–Crippen LogP) is 2.15. The molecule has 0 saturated carbocycles. The van der Waals surface area contributed by atoms with Gasteiger partial charge in [-0.3, -0.25) is 4.90 Å². The van der Waals surface area contributed by atoms with Crippen molar-refractivity contribution >= 4 is 5.57 Å². The maximum Gasteiger partial charge on any atom is 0.0827 e. The molecular formula is C17H24N2O. The van der Waals surface area contributed by atoms with Crippen molar-refractivity contribution in [3.8, 4) is 0 Å². The molecule has 0 aromatic heterocycles. The third-order valence-electron chi connectivity index (χ3n) is 4.35. The zero-order valence-electron chi connectivity index (χ0n) is 12.1. The van der Waals surface area contributed by atoms with E-state index in [1.165, 1.54) is 24.9 Å². The molecule has 1 aromatic carbocycles. The van der Waals surface area contributed by atoms with Gasteiger partial charge < -0.3 is 10.1 Å². The van der Waals surface area contributed by atoms with Crippen LogP contribution in [0.2, 0.25) is 0 Å². The van der Waals surface area contributed by atoms with Gasteiger partial charge in [0.2, 0.25) is 0 Å². The molecule has 3 nitrogen and oxygen atoms in total. The van der Waals surface area contributed by atoms with Crippen LogP contribution in [0.3, 0.4) is 0 Å². The van der Waals surface area contributed by atoms with E-state index < -0.39 is 0 Å². The van der Waals surface area contributed by atoms with Crippen molar-refractivity contribution in [2.75, 3.05) is 32.8 Å². The van der Waals surface area contributed by atoms with Crippen molar-refractivity contribution < 1.29 is 4.74 Å². The lowest BCUT2D eigenvalue weighted by molar-refractivity contribution is -0.0465. The van der Waals surface area contributed by atoms with Gasteiger partial charge in [-0.15, -0.1) is 0 Å². The Balaban J connectivity index is 1.41. The molecule has 108 valence electrons. The van der Waals surface area contributed by atoms with E-state index in [4.69, 9.17) is 4.74 Å². The first kappa shape index (κ1) is 13.8. The van der Waals surface area contributed by atoms with Gasteiger partial charge >= 0.3 is 0 Å². The second-order valence-electron chi connectivity index (χ2n) is 5.85. The van der Waals surface area contributed by atoms with Crippen LogP contribution in [0.15, 0.2) is 36.9 Å². The fourth-order valence-corrected chi connectivity index (χ4v) is 3.17. The number of nitrogens with zero attached hydrogens (tertiary/aromatic N) is 1. The lowest BCUT2D eigenvalue weighted by Gasteiger charge is -2.35. The normalized spacial score (nSPS) is 26.4. The van der Waals surface area contributed by atoms with Gasteiger partial charge in [0, 0.05) is 25.7 Å². The highest BCUT2D eigenvalue weighted by molar-refractivity contribution is 5.64. The fourth-order valence-electron chi connectivity index (χ4n) is 3.17. The van der Waals surface area contributed by atoms with E-state index in [0.29, 0.717) is 12.1 Å². The van der Waals surface area contributed by atoms with Crippen LogP contribution in [-0.2, 0) is 4.74 Å². The van der Waals surface area contributed by atoms with Crippen LogP contribution in [0, 0.1) is 0 Å². The van der Waals surface area contributed by atoms with Gasteiger partial charge in [0.1, 0.15) is 0 Å². The second kappa shape index (κ2) is 6.53. The van der Waals surface area contributed by atoms with E-state index in [2.05, 4.69) is 41.1 Å². The summed E-state index contributed by atoms with van der Waals surface area (Å²) in [6, 6.07) is 11.0. The van der Waals surface area contributed by atoms with Crippen LogP contribution < -0.4 is 5.32 Å². The van der Waals surface area contributed by atoms with Crippen molar-refractivity contribution in [1.82, 2.24) is 10.2 Å². The Bertz CT molecular complexity index is 446. The first-order valence-corrected chi connectivity index (χ1v) is 7.62. The summed E-state index contributed by atoms with van der Waals surface area (Å²) in [6.45, 7) is 9.12. The maximum absolute atomic E-state index is 5.95. The van der Waals surface area contributed by atoms with Gasteiger partial charge in [0.15, 0.2) is 0 Å². The molecule has 1 N–H and O–H groups in total. The minimum absolute atomic E-state index is 0.327. The molecule has 2 aliphatic heterocycles. The summed E-state index contributed by atoms with van der Waals surface area (Å²) in [5.74, 6) is 0. The average Bonchev–Trinajstić information content (AvgIpc) is 2.95. The first-order valence-electron chi connectivity index (χ1n) is 7.62. The SMILES string of the molecule is C=C(CNCC1CN2CCCC2CO1)c1ccccc1. The van der Waals surface area contributed by atoms with Crippen molar-refractivity contribution in [1.29, 1.82) is 0 Å². The van der Waals surface area contributed by atoms with E-state index in [-0.39, 0.29) is 0 Å². The van der Waals surface area contributed by atoms with Gasteiger partial charge in [0.05, 0.1) is 12.7 Å². The van der Waals surface area contributed by atoms with Gasteiger partial charge in [-0.1, -0.05) is 36.9 Å². The summed E-state index contributed by atoms with van der Waals surface area (Å²) < 4.78 is 5.95. The highest BCUT2D eigenvalue weighted by atomic mass is 16.5. The van der Waals surface area contributed by atoms with Crippen LogP contribution in [0.1, 0.15) is 18.4 Å². The van der Waals surface area contributed by atoms with E-state index in [1.54, 1.807) is 0 Å². The number of hydrogen-bond donors (Lipinski definition) is 1. The molecular weight excluding hydrogens is 248 g/mol. The Labute approximate surface area is 121 Å². The van der Waals surface area contributed by atoms with Gasteiger partial charge in [-0.25, -0.2) is 0 Å². The largest absolute Gasteiger partial charge is 0.374 e. The van der Waals surface area contributed by atoms with Gasteiger partial charge in [0.25, 0.3) is 0 Å². The van der Waals surface area contributed by atoms with E-state index in [1.807, 2.05) is 6.07 Å². The van der Waals surface area contributed by atoms with Crippen LogP contribution in [0.5, 0.6) is 0 Å². The Morgan fingerprint density at radius 1 is 1.35 bits per heavy atom. The van der Waals surface area contributed by atoms with Crippen molar-refractivity contribution in [3.05, 3.63) is 42.5 Å². The van der Waals surface area contributed by atoms with Crippen LogP contribution >= 0.6 is 0 Å². The molecule has 2 heterocycles. The predicted molar refractivity (Wildman–Crippen MR) is 82.7 cm³/mol. The lowest BCUT2D eigenvalue weighted by Crippen LogP contribution is -2.49. The zero-order chi connectivity index (χ0) is 13.8. The minimum Gasteiger partial charge on any atom is -0.374 e. The Hall–Kier alpha value is -1.16. The Morgan fingerprint density at radius 2 is 2.20 bits per heavy atom. The molecule has 2 atom stereocenters. The summed E-state index contributed by atoms with van der Waals surface area (Å²) in [7, 11) is 0. The zero-order valence-corrected chi connectivity index (χ0v) is 12.1. The summed E-state index contributed by atoms with van der Waals surface area (Å²) in [6.07, 6.45) is 2.97. The van der Waals surface area contributed by atoms with E-state index in [0.717, 1.165) is 31.8 Å². The number of rotatable bonds is 5. The highest BCUT2D eigenvalue weighted by Crippen LogP contribution is 2.22.